The van der Waals surface area contributed by atoms with Crippen molar-refractivity contribution >= 4 is 17.5 Å². The Hall–Kier alpha value is -3.07. The Bertz CT molecular complexity index is 806. The zero-order valence-corrected chi connectivity index (χ0v) is 15.1. The number of benzene rings is 2. The fourth-order valence-electron chi connectivity index (χ4n) is 2.42. The molecule has 6 nitrogen and oxygen atoms in total. The summed E-state index contributed by atoms with van der Waals surface area (Å²) in [5.74, 6) is -1.02. The lowest BCUT2D eigenvalue weighted by Gasteiger charge is -2.17. The van der Waals surface area contributed by atoms with E-state index >= 15 is 0 Å². The molecule has 2 aromatic carbocycles. The van der Waals surface area contributed by atoms with Gasteiger partial charge in [-0.2, -0.15) is 0 Å². The molecule has 0 saturated heterocycles. The van der Waals surface area contributed by atoms with Gasteiger partial charge in [-0.15, -0.1) is 13.2 Å². The topological polar surface area (TPSA) is 84.7 Å². The number of amides is 2. The van der Waals surface area contributed by atoms with Crippen LogP contribution in [-0.4, -0.2) is 36.7 Å². The molecule has 0 spiro atoms. The molecule has 0 radical (unpaired) electrons. The number of hydrogen-bond donors (Lipinski definition) is 2. The Morgan fingerprint density at radius 3 is 2.21 bits per heavy atom. The van der Waals surface area contributed by atoms with Crippen LogP contribution in [0.5, 0.6) is 5.75 Å². The normalized spacial score (nSPS) is 11.3. The van der Waals surface area contributed by atoms with Crippen LogP contribution in [0.15, 0.2) is 48.5 Å². The summed E-state index contributed by atoms with van der Waals surface area (Å²) in [7, 11) is 1.80. The second-order valence-electron chi connectivity index (χ2n) is 6.17. The number of rotatable bonds is 8. The number of anilines is 1. The standard InChI is InChI=1S/C19H20F3N3O3/c1-25(12-13-2-8-16(9-3-13)28-19(20,21)22)11-10-17(26)24-15-6-4-14(5-7-15)18(23)27/h2-9H,10-12H2,1H3,(H2,23,27)(H,24,26). The molecule has 0 atom stereocenters. The first-order chi connectivity index (χ1) is 13.1. The van der Waals surface area contributed by atoms with E-state index in [-0.39, 0.29) is 18.1 Å². The number of halogens is 3. The van der Waals surface area contributed by atoms with Crippen molar-refractivity contribution in [1.82, 2.24) is 4.90 Å². The maximum Gasteiger partial charge on any atom is 0.573 e. The van der Waals surface area contributed by atoms with E-state index in [4.69, 9.17) is 5.73 Å². The molecule has 150 valence electrons. The highest BCUT2D eigenvalue weighted by Gasteiger charge is 2.30. The van der Waals surface area contributed by atoms with E-state index in [0.717, 1.165) is 5.56 Å². The van der Waals surface area contributed by atoms with Crippen LogP contribution in [0.4, 0.5) is 18.9 Å². The van der Waals surface area contributed by atoms with Crippen molar-refractivity contribution in [1.29, 1.82) is 0 Å². The van der Waals surface area contributed by atoms with Crippen molar-refractivity contribution in [3.8, 4) is 5.75 Å². The Balaban J connectivity index is 1.77. The van der Waals surface area contributed by atoms with E-state index in [9.17, 15) is 22.8 Å². The number of carbonyl (C=O) groups is 2. The molecule has 0 fully saturated rings. The average molecular weight is 395 g/mol. The molecule has 2 amide bonds. The number of nitrogens with two attached hydrogens (primary N) is 1. The molecule has 9 heteroatoms. The smallest absolute Gasteiger partial charge is 0.406 e. The van der Waals surface area contributed by atoms with E-state index in [1.54, 1.807) is 19.2 Å². The molecule has 2 aromatic rings. The molecule has 0 aliphatic rings. The summed E-state index contributed by atoms with van der Waals surface area (Å²) < 4.78 is 40.3. The SMILES string of the molecule is CN(CCC(=O)Nc1ccc(C(N)=O)cc1)Cc1ccc(OC(F)(F)F)cc1. The van der Waals surface area contributed by atoms with Gasteiger partial charge in [0.05, 0.1) is 0 Å². The second-order valence-corrected chi connectivity index (χ2v) is 6.17. The third-order valence-electron chi connectivity index (χ3n) is 3.78. The highest BCUT2D eigenvalue weighted by molar-refractivity contribution is 5.94. The van der Waals surface area contributed by atoms with Crippen molar-refractivity contribution in [2.45, 2.75) is 19.3 Å². The van der Waals surface area contributed by atoms with E-state index in [1.165, 1.54) is 36.4 Å². The van der Waals surface area contributed by atoms with Crippen molar-refractivity contribution in [3.63, 3.8) is 0 Å². The molecule has 3 N–H and O–H groups in total. The van der Waals surface area contributed by atoms with Crippen molar-refractivity contribution in [3.05, 3.63) is 59.7 Å². The first kappa shape index (κ1) is 21.2. The second kappa shape index (κ2) is 9.23. The maximum atomic E-state index is 12.2. The monoisotopic (exact) mass is 395 g/mol. The number of nitrogens with zero attached hydrogens (tertiary/aromatic N) is 1. The van der Waals surface area contributed by atoms with Crippen LogP contribution in [0, 0.1) is 0 Å². The summed E-state index contributed by atoms with van der Waals surface area (Å²) in [4.78, 5) is 24.9. The third-order valence-corrected chi connectivity index (χ3v) is 3.78. The van der Waals surface area contributed by atoms with Gasteiger partial charge in [0.2, 0.25) is 11.8 Å². The number of carbonyl (C=O) groups excluding carboxylic acids is 2. The van der Waals surface area contributed by atoms with Crippen LogP contribution in [-0.2, 0) is 11.3 Å². The van der Waals surface area contributed by atoms with Gasteiger partial charge in [0.1, 0.15) is 5.75 Å². The number of hydrogen-bond acceptors (Lipinski definition) is 4. The predicted octanol–water partition coefficient (Wildman–Crippen LogP) is 3.14. The average Bonchev–Trinajstić information content (AvgIpc) is 2.61. The maximum absolute atomic E-state index is 12.2. The minimum atomic E-state index is -4.72. The van der Waals surface area contributed by atoms with Crippen LogP contribution in [0.2, 0.25) is 0 Å². The van der Waals surface area contributed by atoms with Gasteiger partial charge in [-0.25, -0.2) is 0 Å². The molecular formula is C19H20F3N3O3. The van der Waals surface area contributed by atoms with Gasteiger partial charge in [-0.1, -0.05) is 12.1 Å². The molecule has 0 saturated carbocycles. The molecule has 0 aromatic heterocycles. The quantitative estimate of drug-likeness (QED) is 0.719. The van der Waals surface area contributed by atoms with Crippen LogP contribution < -0.4 is 15.8 Å². The minimum absolute atomic E-state index is 0.201. The zero-order chi connectivity index (χ0) is 20.7. The summed E-state index contributed by atoms with van der Waals surface area (Å²) in [6, 6.07) is 11.8. The highest BCUT2D eigenvalue weighted by atomic mass is 19.4. The first-order valence-corrected chi connectivity index (χ1v) is 8.35. The molecular weight excluding hydrogens is 375 g/mol. The minimum Gasteiger partial charge on any atom is -0.406 e. The van der Waals surface area contributed by atoms with Gasteiger partial charge in [-0.05, 0) is 49.0 Å². The third kappa shape index (κ3) is 7.28. The molecule has 28 heavy (non-hydrogen) atoms. The van der Waals surface area contributed by atoms with E-state index in [1.807, 2.05) is 4.90 Å². The van der Waals surface area contributed by atoms with Gasteiger partial charge in [0.15, 0.2) is 0 Å². The lowest BCUT2D eigenvalue weighted by molar-refractivity contribution is -0.274. The van der Waals surface area contributed by atoms with Crippen LogP contribution in [0.1, 0.15) is 22.3 Å². The highest BCUT2D eigenvalue weighted by Crippen LogP contribution is 2.23. The molecule has 0 aliphatic heterocycles. The zero-order valence-electron chi connectivity index (χ0n) is 15.1. The molecule has 0 aliphatic carbocycles. The largest absolute Gasteiger partial charge is 0.573 e. The molecule has 0 heterocycles. The summed E-state index contributed by atoms with van der Waals surface area (Å²) in [5.41, 5.74) is 6.85. The van der Waals surface area contributed by atoms with Crippen molar-refractivity contribution in [2.24, 2.45) is 5.73 Å². The Morgan fingerprint density at radius 2 is 1.68 bits per heavy atom. The Kier molecular flexibility index (Phi) is 7.00. The summed E-state index contributed by atoms with van der Waals surface area (Å²) in [6.45, 7) is 0.916. The molecule has 0 unspecified atom stereocenters. The number of nitrogens with one attached hydrogen (secondary N) is 1. The fourth-order valence-corrected chi connectivity index (χ4v) is 2.42. The van der Waals surface area contributed by atoms with Crippen molar-refractivity contribution in [2.75, 3.05) is 18.9 Å². The van der Waals surface area contributed by atoms with Crippen LogP contribution >= 0.6 is 0 Å². The Morgan fingerprint density at radius 1 is 1.07 bits per heavy atom. The fraction of sp³-hybridized carbons (Fsp3) is 0.263. The lowest BCUT2D eigenvalue weighted by atomic mass is 10.2. The number of alkyl halides is 3. The Labute approximate surface area is 160 Å². The van der Waals surface area contributed by atoms with Gasteiger partial charge >= 0.3 is 6.36 Å². The summed E-state index contributed by atoms with van der Waals surface area (Å²) in [6.07, 6.45) is -4.49. The van der Waals surface area contributed by atoms with Gasteiger partial charge < -0.3 is 20.7 Å². The van der Waals surface area contributed by atoms with E-state index in [0.29, 0.717) is 24.3 Å². The van der Waals surface area contributed by atoms with Gasteiger partial charge in [0, 0.05) is 30.8 Å². The van der Waals surface area contributed by atoms with Gasteiger partial charge in [0.25, 0.3) is 0 Å². The van der Waals surface area contributed by atoms with Gasteiger partial charge in [-0.3, -0.25) is 9.59 Å². The summed E-state index contributed by atoms with van der Waals surface area (Å²) in [5, 5.41) is 2.72. The van der Waals surface area contributed by atoms with Crippen molar-refractivity contribution < 1.29 is 27.5 Å². The summed E-state index contributed by atoms with van der Waals surface area (Å²) >= 11 is 0. The number of ether oxygens (including phenoxy) is 1. The van der Waals surface area contributed by atoms with Crippen LogP contribution in [0.25, 0.3) is 0 Å². The van der Waals surface area contributed by atoms with Crippen LogP contribution in [0.3, 0.4) is 0 Å². The lowest BCUT2D eigenvalue weighted by Crippen LogP contribution is -2.24. The molecule has 0 bridgehead atoms. The predicted molar refractivity (Wildman–Crippen MR) is 97.7 cm³/mol. The molecule has 2 rings (SSSR count). The first-order valence-electron chi connectivity index (χ1n) is 8.35. The van der Waals surface area contributed by atoms with E-state index in [2.05, 4.69) is 10.1 Å². The number of primary amides is 1. The van der Waals surface area contributed by atoms with E-state index < -0.39 is 12.3 Å².